The van der Waals surface area contributed by atoms with Gasteiger partial charge in [-0.15, -0.1) is 0 Å². The molecule has 3 aromatic rings. The van der Waals surface area contributed by atoms with Gasteiger partial charge in [-0.3, -0.25) is 14.6 Å². The van der Waals surface area contributed by atoms with Crippen LogP contribution in [-0.4, -0.2) is 32.6 Å². The average molecular weight is 374 g/mol. The summed E-state index contributed by atoms with van der Waals surface area (Å²) in [6, 6.07) is 3.59. The van der Waals surface area contributed by atoms with Gasteiger partial charge in [0.15, 0.2) is 0 Å². The highest BCUT2D eigenvalue weighted by Gasteiger charge is 2.18. The minimum absolute atomic E-state index is 0.00202. The minimum atomic E-state index is -0.502. The molecule has 0 atom stereocenters. The number of hydrogen-bond acceptors (Lipinski definition) is 6. The molecule has 0 aliphatic heterocycles. The van der Waals surface area contributed by atoms with Crippen molar-refractivity contribution in [3.63, 3.8) is 0 Å². The Bertz CT molecular complexity index is 997. The van der Waals surface area contributed by atoms with E-state index in [1.165, 1.54) is 0 Å². The zero-order valence-electron chi connectivity index (χ0n) is 14.2. The van der Waals surface area contributed by atoms with Crippen molar-refractivity contribution in [2.75, 3.05) is 6.54 Å². The van der Waals surface area contributed by atoms with E-state index >= 15 is 0 Å². The van der Waals surface area contributed by atoms with Crippen molar-refractivity contribution in [3.05, 3.63) is 62.6 Å². The Morgan fingerprint density at radius 2 is 2.19 bits per heavy atom. The van der Waals surface area contributed by atoms with Crippen LogP contribution in [0.3, 0.4) is 0 Å². The lowest BCUT2D eigenvalue weighted by Crippen LogP contribution is -2.32. The maximum Gasteiger partial charge on any atom is 0.261 e. The van der Waals surface area contributed by atoms with Crippen molar-refractivity contribution in [1.29, 1.82) is 0 Å². The van der Waals surface area contributed by atoms with Crippen LogP contribution >= 0.6 is 11.6 Å². The Labute approximate surface area is 153 Å². The number of pyridine rings is 2. The van der Waals surface area contributed by atoms with Crippen LogP contribution in [-0.2, 0) is 6.42 Å². The first-order valence-corrected chi connectivity index (χ1v) is 8.25. The Morgan fingerprint density at radius 1 is 1.38 bits per heavy atom. The summed E-state index contributed by atoms with van der Waals surface area (Å²) < 4.78 is 5.16. The van der Waals surface area contributed by atoms with Crippen LogP contribution in [0.5, 0.6) is 0 Å². The molecule has 0 bridgehead atoms. The first-order valence-electron chi connectivity index (χ1n) is 7.87. The number of aromatic nitrogens is 4. The van der Waals surface area contributed by atoms with E-state index in [1.807, 2.05) is 6.07 Å². The summed E-state index contributed by atoms with van der Waals surface area (Å²) in [5.41, 5.74) is 1.24. The van der Waals surface area contributed by atoms with Gasteiger partial charge in [0.25, 0.3) is 11.5 Å². The van der Waals surface area contributed by atoms with Crippen LogP contribution in [0, 0.1) is 13.8 Å². The summed E-state index contributed by atoms with van der Waals surface area (Å²) in [4.78, 5) is 35.1. The fraction of sp³-hybridized carbons (Fsp3) is 0.235. The van der Waals surface area contributed by atoms with E-state index in [0.29, 0.717) is 34.4 Å². The highest BCUT2D eigenvalue weighted by molar-refractivity contribution is 6.32. The predicted octanol–water partition coefficient (Wildman–Crippen LogP) is 2.06. The second kappa shape index (κ2) is 7.49. The molecule has 0 spiro atoms. The number of aromatic amines is 1. The standard InChI is InChI=1S/C17H16ClN5O3/c1-9-13(17(25)21-10(2)14(9)18)16(24)20-7-5-12-22-15(23-26-12)11-4-3-6-19-8-11/h3-4,6,8H,5,7H2,1-2H3,(H,20,24)(H,21,25). The lowest BCUT2D eigenvalue weighted by molar-refractivity contribution is 0.0951. The first-order chi connectivity index (χ1) is 12.5. The highest BCUT2D eigenvalue weighted by Crippen LogP contribution is 2.19. The molecule has 1 amide bonds. The molecule has 2 N–H and O–H groups in total. The Balaban J connectivity index is 1.64. The van der Waals surface area contributed by atoms with Crippen molar-refractivity contribution in [2.24, 2.45) is 0 Å². The fourth-order valence-electron chi connectivity index (χ4n) is 2.46. The minimum Gasteiger partial charge on any atom is -0.351 e. The van der Waals surface area contributed by atoms with E-state index in [4.69, 9.17) is 16.1 Å². The summed E-state index contributed by atoms with van der Waals surface area (Å²) in [5, 5.41) is 6.92. The number of nitrogens with zero attached hydrogens (tertiary/aromatic N) is 3. The molecule has 0 fully saturated rings. The molecule has 0 saturated heterocycles. The molecule has 8 nitrogen and oxygen atoms in total. The molecule has 0 radical (unpaired) electrons. The normalized spacial score (nSPS) is 10.7. The van der Waals surface area contributed by atoms with Gasteiger partial charge in [0.05, 0.1) is 5.02 Å². The van der Waals surface area contributed by atoms with Crippen molar-refractivity contribution in [3.8, 4) is 11.4 Å². The van der Waals surface area contributed by atoms with E-state index < -0.39 is 11.5 Å². The number of carbonyl (C=O) groups excluding carboxylic acids is 1. The van der Waals surface area contributed by atoms with Crippen molar-refractivity contribution in [2.45, 2.75) is 20.3 Å². The topological polar surface area (TPSA) is 114 Å². The molecule has 0 unspecified atom stereocenters. The number of nitrogens with one attached hydrogen (secondary N) is 2. The van der Waals surface area contributed by atoms with E-state index in [1.54, 1.807) is 32.3 Å². The van der Waals surface area contributed by atoms with Gasteiger partial charge in [-0.05, 0) is 31.5 Å². The van der Waals surface area contributed by atoms with Crippen LogP contribution in [0.4, 0.5) is 0 Å². The third kappa shape index (κ3) is 3.65. The second-order valence-electron chi connectivity index (χ2n) is 5.65. The molecule has 26 heavy (non-hydrogen) atoms. The Hall–Kier alpha value is -3.00. The molecule has 0 saturated carbocycles. The van der Waals surface area contributed by atoms with Crippen molar-refractivity contribution < 1.29 is 9.32 Å². The van der Waals surface area contributed by atoms with Crippen molar-refractivity contribution in [1.82, 2.24) is 25.4 Å². The Morgan fingerprint density at radius 3 is 2.92 bits per heavy atom. The average Bonchev–Trinajstić information content (AvgIpc) is 3.09. The van der Waals surface area contributed by atoms with Crippen LogP contribution in [0.25, 0.3) is 11.4 Å². The molecule has 3 aromatic heterocycles. The third-order valence-electron chi connectivity index (χ3n) is 3.80. The number of carbonyl (C=O) groups is 1. The molecular formula is C17H16ClN5O3. The molecule has 134 valence electrons. The van der Waals surface area contributed by atoms with Gasteiger partial charge >= 0.3 is 0 Å². The van der Waals surface area contributed by atoms with Crippen LogP contribution in [0.1, 0.15) is 27.5 Å². The number of amides is 1. The third-order valence-corrected chi connectivity index (χ3v) is 4.37. The monoisotopic (exact) mass is 373 g/mol. The lowest BCUT2D eigenvalue weighted by Gasteiger charge is -2.09. The molecule has 3 rings (SSSR count). The fourth-order valence-corrected chi connectivity index (χ4v) is 2.60. The quantitative estimate of drug-likeness (QED) is 0.707. The second-order valence-corrected chi connectivity index (χ2v) is 6.03. The van der Waals surface area contributed by atoms with E-state index in [9.17, 15) is 9.59 Å². The van der Waals surface area contributed by atoms with Gasteiger partial charge in [-0.1, -0.05) is 16.8 Å². The zero-order chi connectivity index (χ0) is 18.7. The number of H-pyrrole nitrogens is 1. The number of aryl methyl sites for hydroxylation is 1. The van der Waals surface area contributed by atoms with Crippen LogP contribution in [0.15, 0.2) is 33.8 Å². The molecule has 0 aliphatic carbocycles. The van der Waals surface area contributed by atoms with Crippen LogP contribution < -0.4 is 10.9 Å². The molecule has 0 aromatic carbocycles. The van der Waals surface area contributed by atoms with Gasteiger partial charge in [0.2, 0.25) is 11.7 Å². The van der Waals surface area contributed by atoms with E-state index in [-0.39, 0.29) is 12.1 Å². The molecule has 9 heteroatoms. The van der Waals surface area contributed by atoms with Crippen molar-refractivity contribution >= 4 is 17.5 Å². The maximum absolute atomic E-state index is 12.3. The lowest BCUT2D eigenvalue weighted by atomic mass is 10.1. The smallest absolute Gasteiger partial charge is 0.261 e. The summed E-state index contributed by atoms with van der Waals surface area (Å²) in [7, 11) is 0. The number of rotatable bonds is 5. The largest absolute Gasteiger partial charge is 0.351 e. The first kappa shape index (κ1) is 17.8. The summed E-state index contributed by atoms with van der Waals surface area (Å²) >= 11 is 6.10. The highest BCUT2D eigenvalue weighted by atomic mass is 35.5. The van der Waals surface area contributed by atoms with Gasteiger partial charge in [-0.25, -0.2) is 0 Å². The van der Waals surface area contributed by atoms with E-state index in [2.05, 4.69) is 25.4 Å². The summed E-state index contributed by atoms with van der Waals surface area (Å²) in [6.07, 6.45) is 3.61. The molecule has 0 aliphatic rings. The SMILES string of the molecule is Cc1[nH]c(=O)c(C(=O)NCCc2nc(-c3cccnc3)no2)c(C)c1Cl. The number of hydrogen-bond donors (Lipinski definition) is 2. The van der Waals surface area contributed by atoms with Gasteiger partial charge in [0, 0.05) is 36.6 Å². The summed E-state index contributed by atoms with van der Waals surface area (Å²) in [6.45, 7) is 3.55. The maximum atomic E-state index is 12.3. The zero-order valence-corrected chi connectivity index (χ0v) is 14.9. The number of halogens is 1. The predicted molar refractivity (Wildman–Crippen MR) is 95.1 cm³/mol. The van der Waals surface area contributed by atoms with Crippen LogP contribution in [0.2, 0.25) is 5.02 Å². The Kier molecular flexibility index (Phi) is 5.13. The van der Waals surface area contributed by atoms with Gasteiger partial charge < -0.3 is 14.8 Å². The van der Waals surface area contributed by atoms with Gasteiger partial charge in [0.1, 0.15) is 5.56 Å². The molecule has 3 heterocycles. The summed E-state index contributed by atoms with van der Waals surface area (Å²) in [5.74, 6) is 0.298. The molecular weight excluding hydrogens is 358 g/mol. The van der Waals surface area contributed by atoms with Gasteiger partial charge in [-0.2, -0.15) is 4.98 Å². The van der Waals surface area contributed by atoms with E-state index in [0.717, 1.165) is 5.56 Å².